The highest BCUT2D eigenvalue weighted by Crippen LogP contribution is 2.16. The first kappa shape index (κ1) is 16.7. The number of piperidine rings is 1. The number of quaternary nitrogens is 2. The first-order valence-electron chi connectivity index (χ1n) is 9.11. The molecule has 0 aliphatic carbocycles. The van der Waals surface area contributed by atoms with Gasteiger partial charge in [-0.05, 0) is 26.0 Å². The lowest BCUT2D eigenvalue weighted by Gasteiger charge is -2.39. The predicted molar refractivity (Wildman–Crippen MR) is 91.1 cm³/mol. The molecule has 2 fully saturated rings. The molecule has 3 rings (SSSR count). The Balaban J connectivity index is 1.52. The molecule has 0 aromatic heterocycles. The van der Waals surface area contributed by atoms with Crippen LogP contribution in [-0.2, 0) is 11.3 Å². The Morgan fingerprint density at radius 1 is 1.09 bits per heavy atom. The summed E-state index contributed by atoms with van der Waals surface area (Å²) >= 11 is 0. The first-order chi connectivity index (χ1) is 11.2. The van der Waals surface area contributed by atoms with E-state index in [-0.39, 0.29) is 0 Å². The highest BCUT2D eigenvalue weighted by atomic mass is 16.5. The lowest BCUT2D eigenvalue weighted by atomic mass is 10.0. The van der Waals surface area contributed by atoms with Gasteiger partial charge in [0.05, 0.1) is 26.2 Å². The van der Waals surface area contributed by atoms with E-state index in [1.807, 2.05) is 6.07 Å². The maximum atomic E-state index is 5.89. The summed E-state index contributed by atoms with van der Waals surface area (Å²) < 4.78 is 11.4. The topological polar surface area (TPSA) is 27.3 Å². The second kappa shape index (κ2) is 7.65. The van der Waals surface area contributed by atoms with Gasteiger partial charge in [-0.3, -0.25) is 0 Å². The predicted octanol–water partition coefficient (Wildman–Crippen LogP) is -0.0654. The fraction of sp³-hybridized carbons (Fsp3) is 0.684. The van der Waals surface area contributed by atoms with E-state index in [0.717, 1.165) is 18.3 Å². The van der Waals surface area contributed by atoms with Crippen LogP contribution in [0.25, 0.3) is 0 Å². The van der Waals surface area contributed by atoms with Gasteiger partial charge in [-0.25, -0.2) is 0 Å². The molecule has 4 nitrogen and oxygen atoms in total. The van der Waals surface area contributed by atoms with E-state index in [0.29, 0.717) is 12.2 Å². The molecular formula is C19H32N2O2+2. The minimum absolute atomic E-state index is 0.410. The van der Waals surface area contributed by atoms with Crippen molar-refractivity contribution < 1.29 is 19.3 Å². The lowest BCUT2D eigenvalue weighted by molar-refractivity contribution is -0.970. The number of ether oxygens (including phenoxy) is 2. The molecule has 23 heavy (non-hydrogen) atoms. The van der Waals surface area contributed by atoms with Crippen molar-refractivity contribution in [3.05, 3.63) is 29.8 Å². The van der Waals surface area contributed by atoms with Gasteiger partial charge in [0.2, 0.25) is 0 Å². The van der Waals surface area contributed by atoms with E-state index in [1.54, 1.807) is 16.9 Å². The fourth-order valence-corrected chi connectivity index (χ4v) is 4.38. The molecule has 128 valence electrons. The van der Waals surface area contributed by atoms with Crippen LogP contribution in [0.4, 0.5) is 0 Å². The van der Waals surface area contributed by atoms with Crippen LogP contribution in [0.1, 0.15) is 32.3 Å². The van der Waals surface area contributed by atoms with Crippen LogP contribution in [0.5, 0.6) is 5.75 Å². The summed E-state index contributed by atoms with van der Waals surface area (Å²) in [4.78, 5) is 3.46. The van der Waals surface area contributed by atoms with Crippen LogP contribution in [0.2, 0.25) is 0 Å². The van der Waals surface area contributed by atoms with Crippen molar-refractivity contribution in [2.45, 2.75) is 51.5 Å². The van der Waals surface area contributed by atoms with Crippen LogP contribution in [-0.4, -0.2) is 51.5 Å². The molecule has 2 unspecified atom stereocenters. The number of rotatable bonds is 4. The standard InChI is InChI=1S/C19H30N2O2/c1-15-12-21(13-16(2)23-15)18-8-10-20(11-9-18)14-17-6-4-5-7-19(17)22-3/h4-7,15-16,18H,8-14H2,1-3H3/p+2. The molecule has 2 saturated heterocycles. The Kier molecular flexibility index (Phi) is 5.57. The fourth-order valence-electron chi connectivity index (χ4n) is 4.38. The molecule has 0 saturated carbocycles. The van der Waals surface area contributed by atoms with Gasteiger partial charge in [-0.1, -0.05) is 12.1 Å². The van der Waals surface area contributed by atoms with Crippen molar-refractivity contribution >= 4 is 0 Å². The molecule has 1 aromatic carbocycles. The SMILES string of the molecule is COc1ccccc1C[NH+]1CCC([NH+]2CC(C)OC(C)C2)CC1. The molecule has 1 aromatic rings. The van der Waals surface area contributed by atoms with Crippen molar-refractivity contribution in [1.82, 2.24) is 0 Å². The third-order valence-corrected chi connectivity index (χ3v) is 5.47. The van der Waals surface area contributed by atoms with Gasteiger partial charge in [-0.2, -0.15) is 0 Å². The second-order valence-corrected chi connectivity index (χ2v) is 7.34. The summed E-state index contributed by atoms with van der Waals surface area (Å²) in [7, 11) is 1.77. The van der Waals surface area contributed by atoms with Gasteiger partial charge in [0, 0.05) is 18.4 Å². The smallest absolute Gasteiger partial charge is 0.127 e. The summed E-state index contributed by atoms with van der Waals surface area (Å²) in [6, 6.07) is 9.26. The van der Waals surface area contributed by atoms with Gasteiger partial charge >= 0.3 is 0 Å². The van der Waals surface area contributed by atoms with Crippen molar-refractivity contribution in [2.75, 3.05) is 33.3 Å². The second-order valence-electron chi connectivity index (χ2n) is 7.34. The molecule has 2 aliphatic rings. The number of morpholine rings is 1. The first-order valence-corrected chi connectivity index (χ1v) is 9.11. The average molecular weight is 320 g/mol. The Morgan fingerprint density at radius 3 is 2.39 bits per heavy atom. The summed E-state index contributed by atoms with van der Waals surface area (Å²) in [5.41, 5.74) is 1.34. The zero-order valence-corrected chi connectivity index (χ0v) is 14.8. The summed E-state index contributed by atoms with van der Waals surface area (Å²) in [5.74, 6) is 1.03. The highest BCUT2D eigenvalue weighted by molar-refractivity contribution is 5.32. The monoisotopic (exact) mass is 320 g/mol. The molecule has 0 spiro atoms. The van der Waals surface area contributed by atoms with Crippen molar-refractivity contribution in [1.29, 1.82) is 0 Å². The van der Waals surface area contributed by atoms with Gasteiger partial charge in [0.15, 0.2) is 0 Å². The molecular weight excluding hydrogens is 288 g/mol. The summed E-state index contributed by atoms with van der Waals surface area (Å²) in [6.45, 7) is 10.4. The molecule has 0 bridgehead atoms. The normalized spacial score (nSPS) is 35.0. The van der Waals surface area contributed by atoms with E-state index in [9.17, 15) is 0 Å². The van der Waals surface area contributed by atoms with Gasteiger partial charge < -0.3 is 19.3 Å². The number of likely N-dealkylation sites (tertiary alicyclic amines) is 1. The molecule has 2 heterocycles. The average Bonchev–Trinajstić information content (AvgIpc) is 2.55. The molecule has 4 heteroatoms. The molecule has 2 aliphatic heterocycles. The Labute approximate surface area is 140 Å². The van der Waals surface area contributed by atoms with Crippen LogP contribution in [0.3, 0.4) is 0 Å². The Bertz CT molecular complexity index is 490. The number of hydrogen-bond donors (Lipinski definition) is 2. The number of nitrogens with one attached hydrogen (secondary N) is 2. The zero-order valence-electron chi connectivity index (χ0n) is 14.8. The van der Waals surface area contributed by atoms with Crippen molar-refractivity contribution in [3.63, 3.8) is 0 Å². The zero-order chi connectivity index (χ0) is 16.2. The number of para-hydroxylation sites is 1. The minimum atomic E-state index is 0.410. The van der Waals surface area contributed by atoms with Gasteiger partial charge in [0.1, 0.15) is 37.6 Å². The molecule has 0 amide bonds. The van der Waals surface area contributed by atoms with Crippen LogP contribution < -0.4 is 14.5 Å². The summed E-state index contributed by atoms with van der Waals surface area (Å²) in [5, 5.41) is 0. The Hall–Kier alpha value is -1.10. The lowest BCUT2D eigenvalue weighted by Crippen LogP contribution is -3.22. The Morgan fingerprint density at radius 2 is 1.74 bits per heavy atom. The largest absolute Gasteiger partial charge is 0.496 e. The molecule has 0 radical (unpaired) electrons. The van der Waals surface area contributed by atoms with Crippen LogP contribution in [0, 0.1) is 0 Å². The number of methoxy groups -OCH3 is 1. The number of hydrogen-bond acceptors (Lipinski definition) is 2. The maximum absolute atomic E-state index is 5.89. The maximum Gasteiger partial charge on any atom is 0.127 e. The van der Waals surface area contributed by atoms with Crippen molar-refractivity contribution in [3.8, 4) is 5.75 Å². The highest BCUT2D eigenvalue weighted by Gasteiger charge is 2.35. The third kappa shape index (κ3) is 4.25. The molecule has 2 N–H and O–H groups in total. The summed E-state index contributed by atoms with van der Waals surface area (Å²) in [6.07, 6.45) is 3.49. The van der Waals surface area contributed by atoms with Crippen LogP contribution in [0.15, 0.2) is 24.3 Å². The van der Waals surface area contributed by atoms with Crippen molar-refractivity contribution in [2.24, 2.45) is 0 Å². The van der Waals surface area contributed by atoms with E-state index in [4.69, 9.17) is 9.47 Å². The van der Waals surface area contributed by atoms with Crippen LogP contribution >= 0.6 is 0 Å². The molecule has 2 atom stereocenters. The number of benzene rings is 1. The minimum Gasteiger partial charge on any atom is -0.496 e. The third-order valence-electron chi connectivity index (χ3n) is 5.47. The van der Waals surface area contributed by atoms with E-state index in [2.05, 4.69) is 32.0 Å². The van der Waals surface area contributed by atoms with E-state index >= 15 is 0 Å². The van der Waals surface area contributed by atoms with Gasteiger partial charge in [-0.15, -0.1) is 0 Å². The van der Waals surface area contributed by atoms with E-state index < -0.39 is 0 Å². The van der Waals surface area contributed by atoms with E-state index in [1.165, 1.54) is 44.6 Å². The van der Waals surface area contributed by atoms with Gasteiger partial charge in [0.25, 0.3) is 0 Å². The quantitative estimate of drug-likeness (QED) is 0.813.